The summed E-state index contributed by atoms with van der Waals surface area (Å²) < 4.78 is 1.84. The number of hydrogen-bond acceptors (Lipinski definition) is 2. The van der Waals surface area contributed by atoms with Gasteiger partial charge in [-0.2, -0.15) is 5.10 Å². The second-order valence-electron chi connectivity index (χ2n) is 7.64. The van der Waals surface area contributed by atoms with E-state index in [0.29, 0.717) is 17.8 Å². The largest absolute Gasteiger partial charge is 0.322 e. The maximum atomic E-state index is 13.2. The van der Waals surface area contributed by atoms with Crippen molar-refractivity contribution in [2.75, 3.05) is 5.32 Å². The molecule has 0 saturated heterocycles. The molecule has 1 amide bonds. The van der Waals surface area contributed by atoms with E-state index >= 15 is 0 Å². The molecule has 0 atom stereocenters. The first-order valence-corrected chi connectivity index (χ1v) is 10.1. The van der Waals surface area contributed by atoms with Gasteiger partial charge in [-0.25, -0.2) is 0 Å². The third kappa shape index (κ3) is 4.18. The lowest BCUT2D eigenvalue weighted by Gasteiger charge is -2.10. The van der Waals surface area contributed by atoms with Gasteiger partial charge in [0, 0.05) is 17.4 Å². The summed E-state index contributed by atoms with van der Waals surface area (Å²) in [4.78, 5) is 13.2. The van der Waals surface area contributed by atoms with Gasteiger partial charge in [-0.05, 0) is 43.5 Å². The lowest BCUT2D eigenvalue weighted by atomic mass is 10.1. The second kappa shape index (κ2) is 8.37. The molecule has 4 heteroatoms. The number of aryl methyl sites for hydroxylation is 2. The first kappa shape index (κ1) is 19.6. The average Bonchev–Trinajstić information content (AvgIpc) is 3.16. The van der Waals surface area contributed by atoms with Crippen molar-refractivity contribution >= 4 is 11.6 Å². The van der Waals surface area contributed by atoms with Crippen LogP contribution in [-0.4, -0.2) is 15.7 Å². The van der Waals surface area contributed by atoms with Gasteiger partial charge in [0.05, 0.1) is 12.1 Å². The molecule has 0 radical (unpaired) electrons. The fourth-order valence-electron chi connectivity index (χ4n) is 3.44. The van der Waals surface area contributed by atoms with Gasteiger partial charge in [0.2, 0.25) is 0 Å². The summed E-state index contributed by atoms with van der Waals surface area (Å²) in [6, 6.07) is 24.2. The number of hydrogen-bond donors (Lipinski definition) is 1. The van der Waals surface area contributed by atoms with E-state index in [-0.39, 0.29) is 5.91 Å². The van der Waals surface area contributed by atoms with Crippen LogP contribution in [0, 0.1) is 20.8 Å². The molecule has 1 heterocycles. The maximum Gasteiger partial charge on any atom is 0.259 e. The molecule has 0 aliphatic heterocycles. The van der Waals surface area contributed by atoms with Gasteiger partial charge < -0.3 is 5.32 Å². The molecular weight excluding hydrogens is 370 g/mol. The SMILES string of the molecule is Cc1ccc(-c2nn(Cc3ccccc3)cc2C(=O)Nc2cccc(C)c2C)cc1. The highest BCUT2D eigenvalue weighted by Crippen LogP contribution is 2.25. The van der Waals surface area contributed by atoms with Crippen molar-refractivity contribution in [1.82, 2.24) is 9.78 Å². The Morgan fingerprint density at radius 3 is 2.37 bits per heavy atom. The molecule has 3 aromatic carbocycles. The predicted molar refractivity (Wildman–Crippen MR) is 122 cm³/mol. The number of aromatic nitrogens is 2. The molecule has 4 aromatic rings. The Bertz CT molecular complexity index is 1170. The molecule has 0 aliphatic rings. The summed E-state index contributed by atoms with van der Waals surface area (Å²) in [5.74, 6) is -0.154. The molecule has 1 aromatic heterocycles. The van der Waals surface area contributed by atoms with Crippen molar-refractivity contribution in [2.45, 2.75) is 27.3 Å². The first-order valence-electron chi connectivity index (χ1n) is 10.1. The lowest BCUT2D eigenvalue weighted by molar-refractivity contribution is 0.102. The fraction of sp³-hybridized carbons (Fsp3) is 0.154. The fourth-order valence-corrected chi connectivity index (χ4v) is 3.44. The minimum Gasteiger partial charge on any atom is -0.322 e. The zero-order valence-electron chi connectivity index (χ0n) is 17.5. The van der Waals surface area contributed by atoms with E-state index < -0.39 is 0 Å². The molecule has 150 valence electrons. The van der Waals surface area contributed by atoms with Crippen LogP contribution in [0.1, 0.15) is 32.6 Å². The number of carbonyl (C=O) groups excluding carboxylic acids is 1. The normalized spacial score (nSPS) is 10.8. The van der Waals surface area contributed by atoms with Gasteiger partial charge in [0.1, 0.15) is 5.69 Å². The molecule has 0 aliphatic carbocycles. The highest BCUT2D eigenvalue weighted by atomic mass is 16.1. The van der Waals surface area contributed by atoms with Crippen molar-refractivity contribution in [3.63, 3.8) is 0 Å². The summed E-state index contributed by atoms with van der Waals surface area (Å²) >= 11 is 0. The molecular formula is C26H25N3O. The Hall–Kier alpha value is -3.66. The zero-order valence-corrected chi connectivity index (χ0v) is 17.5. The standard InChI is InChI=1S/C26H25N3O/c1-18-12-14-22(15-13-18)25-23(17-29(28-25)16-21-9-5-4-6-10-21)26(30)27-24-11-7-8-19(2)20(24)3/h4-15,17H,16H2,1-3H3,(H,27,30). The van der Waals surface area contributed by atoms with Crippen LogP contribution in [-0.2, 0) is 6.54 Å². The predicted octanol–water partition coefficient (Wildman–Crippen LogP) is 5.78. The summed E-state index contributed by atoms with van der Waals surface area (Å²) in [5.41, 5.74) is 7.53. The van der Waals surface area contributed by atoms with E-state index in [9.17, 15) is 4.79 Å². The van der Waals surface area contributed by atoms with Crippen LogP contribution in [0.25, 0.3) is 11.3 Å². The van der Waals surface area contributed by atoms with Crippen LogP contribution >= 0.6 is 0 Å². The molecule has 0 unspecified atom stereocenters. The third-order valence-electron chi connectivity index (χ3n) is 5.37. The Balaban J connectivity index is 1.71. The third-order valence-corrected chi connectivity index (χ3v) is 5.37. The van der Waals surface area contributed by atoms with Crippen molar-refractivity contribution in [3.8, 4) is 11.3 Å². The van der Waals surface area contributed by atoms with E-state index in [1.165, 1.54) is 5.56 Å². The van der Waals surface area contributed by atoms with E-state index in [2.05, 4.69) is 17.4 Å². The van der Waals surface area contributed by atoms with Crippen molar-refractivity contribution in [2.24, 2.45) is 0 Å². The number of nitrogens with zero attached hydrogens (tertiary/aromatic N) is 2. The average molecular weight is 396 g/mol. The molecule has 30 heavy (non-hydrogen) atoms. The summed E-state index contributed by atoms with van der Waals surface area (Å²) in [7, 11) is 0. The van der Waals surface area contributed by atoms with E-state index in [1.54, 1.807) is 0 Å². The molecule has 0 bridgehead atoms. The maximum absolute atomic E-state index is 13.2. The molecule has 4 rings (SSSR count). The molecule has 0 saturated carbocycles. The Labute approximate surface area is 177 Å². The minimum atomic E-state index is -0.154. The van der Waals surface area contributed by atoms with Gasteiger partial charge in [-0.1, -0.05) is 72.3 Å². The van der Waals surface area contributed by atoms with Crippen LogP contribution < -0.4 is 5.32 Å². The summed E-state index contributed by atoms with van der Waals surface area (Å²) in [6.45, 7) is 6.72. The number of nitrogens with one attached hydrogen (secondary N) is 1. The van der Waals surface area contributed by atoms with Crippen LogP contribution in [0.4, 0.5) is 5.69 Å². The molecule has 0 fully saturated rings. The van der Waals surface area contributed by atoms with E-state index in [1.807, 2.05) is 92.3 Å². The second-order valence-corrected chi connectivity index (χ2v) is 7.64. The van der Waals surface area contributed by atoms with Gasteiger partial charge in [-0.3, -0.25) is 9.48 Å². The van der Waals surface area contributed by atoms with Crippen molar-refractivity contribution in [3.05, 3.63) is 107 Å². The highest BCUT2D eigenvalue weighted by Gasteiger charge is 2.19. The van der Waals surface area contributed by atoms with Crippen molar-refractivity contribution in [1.29, 1.82) is 0 Å². The van der Waals surface area contributed by atoms with Crippen LogP contribution in [0.5, 0.6) is 0 Å². The number of amides is 1. The molecule has 0 spiro atoms. The van der Waals surface area contributed by atoms with Crippen molar-refractivity contribution < 1.29 is 4.79 Å². The highest BCUT2D eigenvalue weighted by molar-refractivity contribution is 6.08. The number of anilines is 1. The monoisotopic (exact) mass is 395 g/mol. The number of rotatable bonds is 5. The smallest absolute Gasteiger partial charge is 0.259 e. The van der Waals surface area contributed by atoms with Crippen LogP contribution in [0.3, 0.4) is 0 Å². The topological polar surface area (TPSA) is 46.9 Å². The first-order chi connectivity index (χ1) is 14.5. The van der Waals surface area contributed by atoms with Gasteiger partial charge >= 0.3 is 0 Å². The van der Waals surface area contributed by atoms with Gasteiger partial charge in [-0.15, -0.1) is 0 Å². The van der Waals surface area contributed by atoms with Crippen LogP contribution in [0.2, 0.25) is 0 Å². The Morgan fingerprint density at radius 1 is 0.900 bits per heavy atom. The Morgan fingerprint density at radius 2 is 1.63 bits per heavy atom. The molecule has 1 N–H and O–H groups in total. The molecule has 4 nitrogen and oxygen atoms in total. The van der Waals surface area contributed by atoms with E-state index in [0.717, 1.165) is 27.9 Å². The zero-order chi connectivity index (χ0) is 21.1. The van der Waals surface area contributed by atoms with E-state index in [4.69, 9.17) is 5.10 Å². The summed E-state index contributed by atoms with van der Waals surface area (Å²) in [6.07, 6.45) is 1.84. The minimum absolute atomic E-state index is 0.154. The lowest BCUT2D eigenvalue weighted by Crippen LogP contribution is -2.13. The van der Waals surface area contributed by atoms with Gasteiger partial charge in [0.15, 0.2) is 0 Å². The number of benzene rings is 3. The quantitative estimate of drug-likeness (QED) is 0.466. The number of carbonyl (C=O) groups is 1. The van der Waals surface area contributed by atoms with Crippen LogP contribution in [0.15, 0.2) is 79.0 Å². The summed E-state index contributed by atoms with van der Waals surface area (Å²) in [5, 5.41) is 7.84. The Kier molecular flexibility index (Phi) is 5.48. The van der Waals surface area contributed by atoms with Gasteiger partial charge in [0.25, 0.3) is 5.91 Å².